The number of carbonyl (C=O) groups excluding carboxylic acids is 3. The molecule has 0 aromatic carbocycles. The maximum absolute atomic E-state index is 12.9. The summed E-state index contributed by atoms with van der Waals surface area (Å²) in [6.45, 7) is 6.57. The van der Waals surface area contributed by atoms with Crippen LogP contribution < -0.4 is 0 Å². The van der Waals surface area contributed by atoms with Crippen molar-refractivity contribution in [1.82, 2.24) is 0 Å². The number of hydrogen-bond acceptors (Lipinski definition) is 6. The zero-order valence-electron chi connectivity index (χ0n) is 44.9. The van der Waals surface area contributed by atoms with Crippen molar-refractivity contribution in [3.63, 3.8) is 0 Å². The molecule has 0 fully saturated rings. The van der Waals surface area contributed by atoms with Crippen LogP contribution in [0.4, 0.5) is 0 Å². The number of rotatable bonds is 52. The van der Waals surface area contributed by atoms with Crippen LogP contribution in [0, 0.1) is 0 Å². The minimum atomic E-state index is -0.796. The molecule has 0 radical (unpaired) electrons. The average molecular weight is 950 g/mol. The summed E-state index contributed by atoms with van der Waals surface area (Å²) in [5, 5.41) is 0. The zero-order valence-corrected chi connectivity index (χ0v) is 44.9. The largest absolute Gasteiger partial charge is 0.462 e. The summed E-state index contributed by atoms with van der Waals surface area (Å²) in [6.07, 6.45) is 71.7. The Morgan fingerprint density at radius 2 is 0.529 bits per heavy atom. The van der Waals surface area contributed by atoms with E-state index in [-0.39, 0.29) is 31.1 Å². The Kier molecular flexibility index (Phi) is 53.8. The predicted octanol–water partition coefficient (Wildman–Crippen LogP) is 19.4. The molecule has 0 aliphatic carbocycles. The average Bonchev–Trinajstić information content (AvgIpc) is 3.34. The minimum absolute atomic E-state index is 0.0898. The van der Waals surface area contributed by atoms with E-state index < -0.39 is 6.10 Å². The molecule has 68 heavy (non-hydrogen) atoms. The lowest BCUT2D eigenvalue weighted by Gasteiger charge is -2.18. The van der Waals surface area contributed by atoms with Gasteiger partial charge in [-0.25, -0.2) is 0 Å². The zero-order chi connectivity index (χ0) is 49.3. The number of ether oxygens (including phenoxy) is 3. The van der Waals surface area contributed by atoms with Crippen molar-refractivity contribution in [3.05, 3.63) is 72.9 Å². The van der Waals surface area contributed by atoms with E-state index >= 15 is 0 Å². The van der Waals surface area contributed by atoms with Gasteiger partial charge in [-0.05, 0) is 96.3 Å². The van der Waals surface area contributed by atoms with E-state index in [2.05, 4.69) is 93.7 Å². The van der Waals surface area contributed by atoms with Crippen LogP contribution in [0.1, 0.15) is 284 Å². The molecule has 0 saturated heterocycles. The fourth-order valence-corrected chi connectivity index (χ4v) is 8.04. The fraction of sp³-hybridized carbons (Fsp3) is 0.758. The van der Waals surface area contributed by atoms with Gasteiger partial charge in [-0.3, -0.25) is 14.4 Å². The number of hydrogen-bond donors (Lipinski definition) is 0. The highest BCUT2D eigenvalue weighted by atomic mass is 16.6. The van der Waals surface area contributed by atoms with Gasteiger partial charge in [0.2, 0.25) is 0 Å². The van der Waals surface area contributed by atoms with Crippen molar-refractivity contribution in [2.45, 2.75) is 290 Å². The van der Waals surface area contributed by atoms with Crippen molar-refractivity contribution < 1.29 is 28.6 Å². The van der Waals surface area contributed by atoms with Crippen molar-refractivity contribution in [2.75, 3.05) is 13.2 Å². The van der Waals surface area contributed by atoms with E-state index in [0.29, 0.717) is 19.3 Å². The monoisotopic (exact) mass is 949 g/mol. The molecule has 0 aliphatic heterocycles. The quantitative estimate of drug-likeness (QED) is 0.0262. The van der Waals surface area contributed by atoms with E-state index in [1.165, 1.54) is 135 Å². The number of esters is 3. The van der Waals surface area contributed by atoms with Crippen LogP contribution in [0.3, 0.4) is 0 Å². The smallest absolute Gasteiger partial charge is 0.306 e. The van der Waals surface area contributed by atoms with Gasteiger partial charge in [0.25, 0.3) is 0 Å². The Balaban J connectivity index is 4.45. The predicted molar refractivity (Wildman–Crippen MR) is 293 cm³/mol. The summed E-state index contributed by atoms with van der Waals surface area (Å²) in [5.74, 6) is -0.924. The van der Waals surface area contributed by atoms with Crippen LogP contribution in [0.5, 0.6) is 0 Å². The van der Waals surface area contributed by atoms with E-state index in [4.69, 9.17) is 14.2 Å². The van der Waals surface area contributed by atoms with Crippen molar-refractivity contribution in [3.8, 4) is 0 Å². The second-order valence-corrected chi connectivity index (χ2v) is 19.2. The molecule has 0 N–H and O–H groups in total. The first-order valence-electron chi connectivity index (χ1n) is 28.9. The normalized spacial score (nSPS) is 12.6. The topological polar surface area (TPSA) is 78.9 Å². The van der Waals surface area contributed by atoms with Crippen LogP contribution in [0.25, 0.3) is 0 Å². The second kappa shape index (κ2) is 56.4. The van der Waals surface area contributed by atoms with Crippen LogP contribution >= 0.6 is 0 Å². The summed E-state index contributed by atoms with van der Waals surface area (Å²) in [7, 11) is 0. The van der Waals surface area contributed by atoms with E-state index in [9.17, 15) is 14.4 Å². The van der Waals surface area contributed by atoms with Crippen molar-refractivity contribution in [2.24, 2.45) is 0 Å². The lowest BCUT2D eigenvalue weighted by molar-refractivity contribution is -0.167. The summed E-state index contributed by atoms with van der Waals surface area (Å²) < 4.78 is 16.8. The summed E-state index contributed by atoms with van der Waals surface area (Å²) in [4.78, 5) is 38.2. The molecule has 0 aromatic rings. The number of carbonyl (C=O) groups is 3. The van der Waals surface area contributed by atoms with Gasteiger partial charge in [0.15, 0.2) is 6.10 Å². The highest BCUT2D eigenvalue weighted by Gasteiger charge is 2.19. The van der Waals surface area contributed by atoms with Gasteiger partial charge in [0, 0.05) is 19.3 Å². The van der Waals surface area contributed by atoms with Crippen molar-refractivity contribution >= 4 is 17.9 Å². The Morgan fingerprint density at radius 3 is 0.853 bits per heavy atom. The van der Waals surface area contributed by atoms with Gasteiger partial charge in [0.05, 0.1) is 0 Å². The Hall–Kier alpha value is -3.15. The Morgan fingerprint density at radius 1 is 0.294 bits per heavy atom. The molecule has 392 valence electrons. The molecule has 1 atom stereocenters. The molecular weight excluding hydrogens is 841 g/mol. The Bertz CT molecular complexity index is 1270. The van der Waals surface area contributed by atoms with Gasteiger partial charge in [-0.1, -0.05) is 241 Å². The molecule has 0 bridgehead atoms. The molecule has 0 aromatic heterocycles. The molecule has 0 saturated carbocycles. The van der Waals surface area contributed by atoms with Gasteiger partial charge < -0.3 is 14.2 Å². The third kappa shape index (κ3) is 53.8. The molecule has 6 nitrogen and oxygen atoms in total. The SMILES string of the molecule is CCCCC/C=C\C/C=C\C/C=C\CCCCCCC(=O)OC[C@@H](COC(=O)CCCCCCCCCCCCCCCCCC)OC(=O)CCCCCC/C=C\C/C=C\C/C=C\CCCCC. The first kappa shape index (κ1) is 64.8. The Labute approximate surface area is 421 Å². The molecule has 6 heteroatoms. The standard InChI is InChI=1S/C62H108O6/c1-4-7-10-13-16-19-22-25-28-31-34-37-40-43-46-49-52-55-61(64)67-58-59(57-66-60(63)54-51-48-45-42-39-36-33-30-27-24-21-18-15-12-9-6-3)68-62(65)56-53-50-47-44-41-38-35-32-29-26-23-20-17-14-11-8-5-2/h16-17,19-20,25-26,28-29,34-35,37-38,59H,4-15,18,21-24,27,30-33,36,39-58H2,1-3H3/b19-16-,20-17-,28-25-,29-26-,37-34-,38-35-/t59-/m1/s1. The van der Waals surface area contributed by atoms with Gasteiger partial charge in [-0.2, -0.15) is 0 Å². The fourth-order valence-electron chi connectivity index (χ4n) is 8.04. The summed E-state index contributed by atoms with van der Waals surface area (Å²) >= 11 is 0. The van der Waals surface area contributed by atoms with Gasteiger partial charge in [0.1, 0.15) is 13.2 Å². The first-order chi connectivity index (χ1) is 33.5. The molecule has 0 rings (SSSR count). The van der Waals surface area contributed by atoms with Crippen LogP contribution in [0.2, 0.25) is 0 Å². The molecule has 0 spiro atoms. The maximum atomic E-state index is 12.9. The van der Waals surface area contributed by atoms with Gasteiger partial charge in [-0.15, -0.1) is 0 Å². The minimum Gasteiger partial charge on any atom is -0.462 e. The molecule has 0 unspecified atom stereocenters. The van der Waals surface area contributed by atoms with E-state index in [0.717, 1.165) is 109 Å². The third-order valence-corrected chi connectivity index (χ3v) is 12.4. The summed E-state index contributed by atoms with van der Waals surface area (Å²) in [6, 6.07) is 0. The van der Waals surface area contributed by atoms with Crippen LogP contribution in [-0.4, -0.2) is 37.2 Å². The van der Waals surface area contributed by atoms with Crippen molar-refractivity contribution in [1.29, 1.82) is 0 Å². The summed E-state index contributed by atoms with van der Waals surface area (Å²) in [5.41, 5.74) is 0. The van der Waals surface area contributed by atoms with Gasteiger partial charge >= 0.3 is 17.9 Å². The van der Waals surface area contributed by atoms with E-state index in [1.807, 2.05) is 0 Å². The lowest BCUT2D eigenvalue weighted by Crippen LogP contribution is -2.30. The lowest BCUT2D eigenvalue weighted by atomic mass is 10.0. The molecule has 0 aliphatic rings. The van der Waals surface area contributed by atoms with Crippen LogP contribution in [-0.2, 0) is 28.6 Å². The van der Waals surface area contributed by atoms with Crippen LogP contribution in [0.15, 0.2) is 72.9 Å². The number of unbranched alkanes of at least 4 members (excludes halogenated alkanes) is 29. The molecular formula is C62H108O6. The highest BCUT2D eigenvalue weighted by Crippen LogP contribution is 2.15. The molecule has 0 heterocycles. The maximum Gasteiger partial charge on any atom is 0.306 e. The molecule has 0 amide bonds. The first-order valence-corrected chi connectivity index (χ1v) is 28.9. The highest BCUT2D eigenvalue weighted by molar-refractivity contribution is 5.71. The number of allylic oxidation sites excluding steroid dienone is 12. The second-order valence-electron chi connectivity index (χ2n) is 19.2. The van der Waals surface area contributed by atoms with E-state index in [1.54, 1.807) is 0 Å². The third-order valence-electron chi connectivity index (χ3n) is 12.4.